The lowest BCUT2D eigenvalue weighted by Gasteiger charge is -2.08. The summed E-state index contributed by atoms with van der Waals surface area (Å²) in [5.74, 6) is -0.109. The number of ether oxygens (including phenoxy) is 4. The summed E-state index contributed by atoms with van der Waals surface area (Å²) in [4.78, 5) is 22.6. The van der Waals surface area contributed by atoms with Crippen molar-refractivity contribution in [2.45, 2.75) is 20.8 Å². The first kappa shape index (κ1) is 21.0. The Balaban J connectivity index is 3.25. The largest absolute Gasteiger partial charge is 0.379 e. The first-order valence-corrected chi connectivity index (χ1v) is 7.68. The lowest BCUT2D eigenvalue weighted by molar-refractivity contribution is -0.128. The summed E-state index contributed by atoms with van der Waals surface area (Å²) in [6.45, 7) is 8.84. The molecule has 0 spiro atoms. The van der Waals surface area contributed by atoms with E-state index in [-0.39, 0.29) is 30.8 Å². The van der Waals surface area contributed by atoms with E-state index in [1.54, 1.807) is 0 Å². The van der Waals surface area contributed by atoms with Crippen molar-refractivity contribution in [2.24, 2.45) is 5.92 Å². The van der Waals surface area contributed by atoms with Gasteiger partial charge >= 0.3 is 0 Å². The van der Waals surface area contributed by atoms with Gasteiger partial charge in [-0.2, -0.15) is 0 Å². The molecular weight excluding hydrogens is 290 g/mol. The highest BCUT2D eigenvalue weighted by Gasteiger charge is 2.06. The summed E-state index contributed by atoms with van der Waals surface area (Å²) < 4.78 is 20.6. The molecule has 1 amide bonds. The Morgan fingerprint density at radius 2 is 1.45 bits per heavy atom. The second-order valence-corrected chi connectivity index (χ2v) is 4.89. The van der Waals surface area contributed by atoms with Crippen LogP contribution < -0.4 is 5.32 Å². The van der Waals surface area contributed by atoms with Crippen LogP contribution in [0.25, 0.3) is 0 Å². The summed E-state index contributed by atoms with van der Waals surface area (Å²) in [5.41, 5.74) is 0. The fourth-order valence-electron chi connectivity index (χ4n) is 1.30. The topological polar surface area (TPSA) is 83.1 Å². The van der Waals surface area contributed by atoms with Gasteiger partial charge in [0.15, 0.2) is 5.78 Å². The maximum Gasteiger partial charge on any atom is 0.246 e. The summed E-state index contributed by atoms with van der Waals surface area (Å²) >= 11 is 0. The zero-order valence-electron chi connectivity index (χ0n) is 13.9. The molecule has 0 radical (unpaired) electrons. The molecule has 0 saturated heterocycles. The van der Waals surface area contributed by atoms with Gasteiger partial charge in [0.2, 0.25) is 5.91 Å². The van der Waals surface area contributed by atoms with Crippen molar-refractivity contribution in [1.29, 1.82) is 0 Å². The van der Waals surface area contributed by atoms with Crippen molar-refractivity contribution in [3.8, 4) is 0 Å². The minimum atomic E-state index is -0.182. The van der Waals surface area contributed by atoms with Crippen LogP contribution in [0.1, 0.15) is 20.8 Å². The highest BCUT2D eigenvalue weighted by Crippen LogP contribution is 1.94. The van der Waals surface area contributed by atoms with E-state index in [1.165, 1.54) is 0 Å². The molecule has 0 saturated carbocycles. The lowest BCUT2D eigenvalue weighted by atomic mass is 10.1. The quantitative estimate of drug-likeness (QED) is 0.440. The van der Waals surface area contributed by atoms with E-state index in [2.05, 4.69) is 5.32 Å². The molecule has 0 aromatic heterocycles. The van der Waals surface area contributed by atoms with Gasteiger partial charge in [-0.05, 0) is 6.92 Å². The molecule has 0 aromatic rings. The van der Waals surface area contributed by atoms with Crippen LogP contribution in [0.4, 0.5) is 0 Å². The summed E-state index contributed by atoms with van der Waals surface area (Å²) in [5, 5.41) is 2.67. The SMILES string of the molecule is CCOCCOCC(=O)NCCOCCOCC(=O)C(C)C. The third kappa shape index (κ3) is 13.9. The Morgan fingerprint density at radius 1 is 0.864 bits per heavy atom. The number of hydrogen-bond acceptors (Lipinski definition) is 6. The van der Waals surface area contributed by atoms with Gasteiger partial charge < -0.3 is 24.3 Å². The van der Waals surface area contributed by atoms with Crippen LogP contribution in [0.2, 0.25) is 0 Å². The maximum atomic E-state index is 11.4. The van der Waals surface area contributed by atoms with E-state index in [0.29, 0.717) is 46.2 Å². The Bertz CT molecular complexity index is 296. The van der Waals surface area contributed by atoms with Crippen LogP contribution in [0.15, 0.2) is 0 Å². The van der Waals surface area contributed by atoms with E-state index in [1.807, 2.05) is 20.8 Å². The predicted molar refractivity (Wildman–Crippen MR) is 81.8 cm³/mol. The molecule has 7 heteroatoms. The number of ketones is 1. The maximum absolute atomic E-state index is 11.4. The third-order valence-corrected chi connectivity index (χ3v) is 2.64. The van der Waals surface area contributed by atoms with Gasteiger partial charge in [-0.1, -0.05) is 13.8 Å². The molecule has 22 heavy (non-hydrogen) atoms. The molecule has 0 aliphatic rings. The van der Waals surface area contributed by atoms with E-state index >= 15 is 0 Å². The first-order chi connectivity index (χ1) is 10.6. The Labute approximate surface area is 132 Å². The highest BCUT2D eigenvalue weighted by atomic mass is 16.5. The van der Waals surface area contributed by atoms with Crippen molar-refractivity contribution in [1.82, 2.24) is 5.32 Å². The Kier molecular flexibility index (Phi) is 14.2. The molecule has 0 fully saturated rings. The Hall–Kier alpha value is -1.02. The first-order valence-electron chi connectivity index (χ1n) is 7.68. The number of rotatable bonds is 15. The average Bonchev–Trinajstić information content (AvgIpc) is 2.49. The number of nitrogens with one attached hydrogen (secondary N) is 1. The number of amides is 1. The molecule has 0 heterocycles. The average molecular weight is 319 g/mol. The van der Waals surface area contributed by atoms with Crippen LogP contribution >= 0.6 is 0 Å². The molecule has 0 aliphatic carbocycles. The molecule has 7 nitrogen and oxygen atoms in total. The summed E-state index contributed by atoms with van der Waals surface area (Å²) in [6, 6.07) is 0. The smallest absolute Gasteiger partial charge is 0.246 e. The molecular formula is C15H29NO6. The summed E-state index contributed by atoms with van der Waals surface area (Å²) in [7, 11) is 0. The molecule has 0 bridgehead atoms. The summed E-state index contributed by atoms with van der Waals surface area (Å²) in [6.07, 6.45) is 0. The predicted octanol–water partition coefficient (Wildman–Crippen LogP) is 0.414. The van der Waals surface area contributed by atoms with Gasteiger partial charge in [0.05, 0.1) is 33.0 Å². The van der Waals surface area contributed by atoms with Crippen LogP contribution in [-0.2, 0) is 28.5 Å². The standard InChI is InChI=1S/C15H29NO6/c1-4-19-7-9-22-12-15(18)16-5-6-20-8-10-21-11-14(17)13(2)3/h13H,4-12H2,1-3H3,(H,16,18). The minimum Gasteiger partial charge on any atom is -0.379 e. The fourth-order valence-corrected chi connectivity index (χ4v) is 1.30. The number of hydrogen-bond donors (Lipinski definition) is 1. The van der Waals surface area contributed by atoms with E-state index in [0.717, 1.165) is 0 Å². The number of carbonyl (C=O) groups excluding carboxylic acids is 2. The van der Waals surface area contributed by atoms with E-state index in [4.69, 9.17) is 18.9 Å². The normalized spacial score (nSPS) is 10.9. The van der Waals surface area contributed by atoms with E-state index < -0.39 is 0 Å². The van der Waals surface area contributed by atoms with Crippen LogP contribution in [0.5, 0.6) is 0 Å². The molecule has 0 rings (SSSR count). The Morgan fingerprint density at radius 3 is 2.09 bits per heavy atom. The zero-order chi connectivity index (χ0) is 16.6. The van der Waals surface area contributed by atoms with Crippen LogP contribution in [-0.4, -0.2) is 71.1 Å². The van der Waals surface area contributed by atoms with Crippen molar-refractivity contribution in [2.75, 3.05) is 59.4 Å². The lowest BCUT2D eigenvalue weighted by Crippen LogP contribution is -2.31. The van der Waals surface area contributed by atoms with Gasteiger partial charge in [0.25, 0.3) is 0 Å². The fraction of sp³-hybridized carbons (Fsp3) is 0.867. The second-order valence-electron chi connectivity index (χ2n) is 4.89. The van der Waals surface area contributed by atoms with Crippen molar-refractivity contribution in [3.63, 3.8) is 0 Å². The van der Waals surface area contributed by atoms with Gasteiger partial charge in [-0.15, -0.1) is 0 Å². The molecule has 1 N–H and O–H groups in total. The van der Waals surface area contributed by atoms with Crippen LogP contribution in [0.3, 0.4) is 0 Å². The van der Waals surface area contributed by atoms with Gasteiger partial charge in [-0.3, -0.25) is 9.59 Å². The van der Waals surface area contributed by atoms with Gasteiger partial charge in [-0.25, -0.2) is 0 Å². The van der Waals surface area contributed by atoms with Crippen molar-refractivity contribution < 1.29 is 28.5 Å². The molecule has 130 valence electrons. The second kappa shape index (κ2) is 14.9. The highest BCUT2D eigenvalue weighted by molar-refractivity contribution is 5.81. The molecule has 0 aliphatic heterocycles. The number of carbonyl (C=O) groups is 2. The molecule has 0 atom stereocenters. The van der Waals surface area contributed by atoms with Crippen LogP contribution in [0, 0.1) is 5.92 Å². The third-order valence-electron chi connectivity index (χ3n) is 2.64. The molecule has 0 unspecified atom stereocenters. The van der Waals surface area contributed by atoms with Gasteiger partial charge in [0.1, 0.15) is 13.2 Å². The van der Waals surface area contributed by atoms with Crippen molar-refractivity contribution >= 4 is 11.7 Å². The minimum absolute atomic E-state index is 0.00751. The monoisotopic (exact) mass is 319 g/mol. The van der Waals surface area contributed by atoms with Gasteiger partial charge in [0, 0.05) is 19.1 Å². The van der Waals surface area contributed by atoms with E-state index in [9.17, 15) is 9.59 Å². The van der Waals surface area contributed by atoms with Crippen molar-refractivity contribution in [3.05, 3.63) is 0 Å². The number of Topliss-reactive ketones (excluding diaryl/α,β-unsaturated/α-hetero) is 1. The molecule has 0 aromatic carbocycles. The zero-order valence-corrected chi connectivity index (χ0v) is 13.9.